The van der Waals surface area contributed by atoms with Crippen LogP contribution in [0.2, 0.25) is 10.0 Å². The van der Waals surface area contributed by atoms with Crippen LogP contribution in [0, 0.1) is 0 Å². The summed E-state index contributed by atoms with van der Waals surface area (Å²) in [6, 6.07) is 43.9. The molecule has 0 aliphatic heterocycles. The minimum atomic E-state index is -1.06. The predicted molar refractivity (Wildman–Crippen MR) is 180 cm³/mol. The second-order valence-electron chi connectivity index (χ2n) is 10.4. The lowest BCUT2D eigenvalue weighted by atomic mass is 9.77. The van der Waals surface area contributed by atoms with E-state index >= 15 is 0 Å². The molecule has 222 valence electrons. The van der Waals surface area contributed by atoms with Crippen LogP contribution >= 0.6 is 23.2 Å². The largest absolute Gasteiger partial charge is 0.493 e. The fraction of sp³-hybridized carbons (Fsp3) is 0.132. The van der Waals surface area contributed by atoms with E-state index in [1.807, 2.05) is 42.5 Å². The van der Waals surface area contributed by atoms with Gasteiger partial charge in [-0.3, -0.25) is 5.32 Å². The molecule has 2 N–H and O–H groups in total. The number of aliphatic carboxylic acids is 1. The summed E-state index contributed by atoms with van der Waals surface area (Å²) in [7, 11) is 0. The Hall–Kier alpha value is -4.35. The van der Waals surface area contributed by atoms with Crippen molar-refractivity contribution in [3.05, 3.63) is 177 Å². The van der Waals surface area contributed by atoms with Crippen molar-refractivity contribution in [2.24, 2.45) is 0 Å². The smallest absolute Gasteiger partial charge is 0.331 e. The molecule has 0 heterocycles. The molecule has 4 nitrogen and oxygen atoms in total. The van der Waals surface area contributed by atoms with Crippen molar-refractivity contribution >= 4 is 34.7 Å². The normalized spacial score (nSPS) is 12.0. The van der Waals surface area contributed by atoms with Gasteiger partial charge in [-0.25, -0.2) is 4.79 Å². The second-order valence-corrected chi connectivity index (χ2v) is 11.2. The Morgan fingerprint density at radius 2 is 1.18 bits per heavy atom. The summed E-state index contributed by atoms with van der Waals surface area (Å²) in [5.41, 5.74) is 4.47. The van der Waals surface area contributed by atoms with Gasteiger partial charge in [-0.05, 0) is 54.8 Å². The van der Waals surface area contributed by atoms with Crippen LogP contribution in [0.15, 0.2) is 139 Å². The maximum Gasteiger partial charge on any atom is 0.331 e. The van der Waals surface area contributed by atoms with Crippen LogP contribution in [0.25, 0.3) is 5.57 Å². The van der Waals surface area contributed by atoms with Gasteiger partial charge < -0.3 is 9.84 Å². The summed E-state index contributed by atoms with van der Waals surface area (Å²) in [6.45, 7) is 2.59. The highest BCUT2D eigenvalue weighted by Crippen LogP contribution is 2.41. The molecule has 0 amide bonds. The van der Waals surface area contributed by atoms with E-state index in [1.165, 1.54) is 0 Å². The molecule has 0 unspecified atom stereocenters. The molecule has 0 radical (unpaired) electrons. The van der Waals surface area contributed by atoms with E-state index in [9.17, 15) is 9.90 Å². The lowest BCUT2D eigenvalue weighted by Gasteiger charge is -2.37. The summed E-state index contributed by atoms with van der Waals surface area (Å²) < 4.78 is 6.33. The first-order valence-corrected chi connectivity index (χ1v) is 15.2. The van der Waals surface area contributed by atoms with Gasteiger partial charge in [-0.15, -0.1) is 0 Å². The number of hydrogen-bond acceptors (Lipinski definition) is 3. The van der Waals surface area contributed by atoms with Crippen LogP contribution in [-0.4, -0.2) is 24.2 Å². The van der Waals surface area contributed by atoms with Gasteiger partial charge in [0.25, 0.3) is 0 Å². The van der Waals surface area contributed by atoms with Gasteiger partial charge in [0.05, 0.1) is 12.1 Å². The molecule has 5 aromatic carbocycles. The first-order valence-electron chi connectivity index (χ1n) is 14.5. The number of carboxylic acids is 1. The van der Waals surface area contributed by atoms with E-state index in [2.05, 4.69) is 78.1 Å². The molecule has 0 spiro atoms. The summed E-state index contributed by atoms with van der Waals surface area (Å²) >= 11 is 13.1. The first kappa shape index (κ1) is 31.1. The van der Waals surface area contributed by atoms with Gasteiger partial charge in [-0.2, -0.15) is 0 Å². The van der Waals surface area contributed by atoms with Crippen molar-refractivity contribution in [3.8, 4) is 5.75 Å². The molecule has 0 bridgehead atoms. The lowest BCUT2D eigenvalue weighted by molar-refractivity contribution is -0.132. The minimum absolute atomic E-state index is 0.121. The molecule has 5 aromatic rings. The van der Waals surface area contributed by atoms with E-state index in [-0.39, 0.29) is 5.57 Å². The molecule has 5 rings (SSSR count). The number of nitrogens with one attached hydrogen (secondary N) is 1. The third-order valence-electron chi connectivity index (χ3n) is 7.65. The van der Waals surface area contributed by atoms with Crippen molar-refractivity contribution in [2.45, 2.75) is 18.9 Å². The average Bonchev–Trinajstić information content (AvgIpc) is 3.06. The van der Waals surface area contributed by atoms with Crippen molar-refractivity contribution < 1.29 is 14.6 Å². The van der Waals surface area contributed by atoms with Crippen LogP contribution in [0.3, 0.4) is 0 Å². The number of hydrogen-bond donors (Lipinski definition) is 2. The highest BCUT2D eigenvalue weighted by atomic mass is 35.5. The van der Waals surface area contributed by atoms with E-state index in [0.29, 0.717) is 52.1 Å². The van der Waals surface area contributed by atoms with Gasteiger partial charge >= 0.3 is 5.97 Å². The zero-order valence-electron chi connectivity index (χ0n) is 24.3. The Kier molecular flexibility index (Phi) is 10.2. The SMILES string of the molecule is CC(C(=O)O)=C(c1ccccc1OCCCNC(c1ccccc1)(c1ccccc1)c1ccccc1)c1c(Cl)cccc1Cl. The Balaban J connectivity index is 1.42. The van der Waals surface area contributed by atoms with Crippen molar-refractivity contribution in [2.75, 3.05) is 13.2 Å². The van der Waals surface area contributed by atoms with Gasteiger partial charge in [0.2, 0.25) is 0 Å². The monoisotopic (exact) mass is 621 g/mol. The molecule has 0 saturated carbocycles. The molecule has 0 aliphatic rings. The highest BCUT2D eigenvalue weighted by Gasteiger charge is 2.35. The number of carboxylic acid groups (broad SMARTS) is 1. The van der Waals surface area contributed by atoms with E-state index in [4.69, 9.17) is 27.9 Å². The van der Waals surface area contributed by atoms with E-state index in [1.54, 1.807) is 25.1 Å². The van der Waals surface area contributed by atoms with E-state index < -0.39 is 11.5 Å². The Bertz CT molecular complexity index is 1620. The van der Waals surface area contributed by atoms with Crippen molar-refractivity contribution in [1.82, 2.24) is 5.32 Å². The zero-order chi connectivity index (χ0) is 30.9. The third-order valence-corrected chi connectivity index (χ3v) is 8.28. The predicted octanol–water partition coefficient (Wildman–Crippen LogP) is 9.25. The highest BCUT2D eigenvalue weighted by molar-refractivity contribution is 6.38. The van der Waals surface area contributed by atoms with Crippen LogP contribution in [0.1, 0.15) is 41.2 Å². The number of rotatable bonds is 12. The van der Waals surface area contributed by atoms with Crippen LogP contribution in [-0.2, 0) is 10.3 Å². The van der Waals surface area contributed by atoms with E-state index in [0.717, 1.165) is 16.7 Å². The number of benzene rings is 5. The number of halogens is 2. The van der Waals surface area contributed by atoms with Crippen LogP contribution in [0.5, 0.6) is 5.75 Å². The fourth-order valence-electron chi connectivity index (χ4n) is 5.57. The standard InChI is InChI=1S/C38H33Cl2NO3/c1-27(37(42)43)35(36-32(39)22-13-23-33(36)40)31-21-11-12-24-34(31)44-26-14-25-41-38(28-15-5-2-6-16-28,29-17-7-3-8-18-29)30-19-9-4-10-20-30/h2-13,15-24,41H,14,25-26H2,1H3,(H,42,43). The Morgan fingerprint density at radius 1 is 0.705 bits per heavy atom. The summed E-state index contributed by atoms with van der Waals surface area (Å²) in [6.07, 6.45) is 0.687. The maximum absolute atomic E-state index is 12.2. The lowest BCUT2D eigenvalue weighted by Crippen LogP contribution is -2.45. The van der Waals surface area contributed by atoms with Crippen molar-refractivity contribution in [3.63, 3.8) is 0 Å². The minimum Gasteiger partial charge on any atom is -0.493 e. The number of para-hydroxylation sites is 1. The van der Waals surface area contributed by atoms with Crippen LogP contribution in [0.4, 0.5) is 0 Å². The maximum atomic E-state index is 12.2. The Morgan fingerprint density at radius 3 is 1.68 bits per heavy atom. The molecule has 44 heavy (non-hydrogen) atoms. The van der Waals surface area contributed by atoms with Crippen molar-refractivity contribution in [1.29, 1.82) is 0 Å². The summed E-state index contributed by atoms with van der Waals surface area (Å²) in [5.74, 6) is -0.506. The number of carbonyl (C=O) groups is 1. The van der Waals surface area contributed by atoms with Gasteiger partial charge in [0, 0.05) is 32.3 Å². The molecular formula is C38H33Cl2NO3. The molecule has 0 aromatic heterocycles. The molecule has 0 saturated heterocycles. The molecule has 0 fully saturated rings. The third kappa shape index (κ3) is 6.58. The van der Waals surface area contributed by atoms with Gasteiger partial charge in [0.1, 0.15) is 5.75 Å². The number of ether oxygens (including phenoxy) is 1. The summed E-state index contributed by atoms with van der Waals surface area (Å²) in [4.78, 5) is 12.2. The zero-order valence-corrected chi connectivity index (χ0v) is 25.9. The van der Waals surface area contributed by atoms with Gasteiger partial charge in [0.15, 0.2) is 0 Å². The average molecular weight is 623 g/mol. The van der Waals surface area contributed by atoms with Gasteiger partial charge in [-0.1, -0.05) is 138 Å². The molecular weight excluding hydrogens is 589 g/mol. The molecule has 0 aliphatic carbocycles. The molecule has 0 atom stereocenters. The second kappa shape index (κ2) is 14.4. The topological polar surface area (TPSA) is 58.6 Å². The van der Waals surface area contributed by atoms with Crippen LogP contribution < -0.4 is 10.1 Å². The molecule has 6 heteroatoms. The Labute approximate surface area is 268 Å². The summed E-state index contributed by atoms with van der Waals surface area (Å²) in [5, 5.41) is 14.6. The fourth-order valence-corrected chi connectivity index (χ4v) is 6.15. The first-order chi connectivity index (χ1) is 21.4. The quantitative estimate of drug-likeness (QED) is 0.0828.